The van der Waals surface area contributed by atoms with E-state index >= 15 is 0 Å². The standard InChI is InChI=1S/C16H12O5/c17-10-7-6-9-12(14(10)19)15(20)11(16(21)13(9)18)8-4-2-1-3-5-8/h1-7,17-21H. The summed E-state index contributed by atoms with van der Waals surface area (Å²) >= 11 is 0. The quantitative estimate of drug-likeness (QED) is 0.349. The largest absolute Gasteiger partial charge is 0.506 e. The molecule has 3 rings (SSSR count). The molecule has 106 valence electrons. The molecule has 0 aliphatic rings. The van der Waals surface area contributed by atoms with E-state index in [-0.39, 0.29) is 16.3 Å². The second-order valence-electron chi connectivity index (χ2n) is 4.64. The average molecular weight is 284 g/mol. The van der Waals surface area contributed by atoms with E-state index in [4.69, 9.17) is 0 Å². The number of fused-ring (bicyclic) bond motifs is 1. The van der Waals surface area contributed by atoms with E-state index in [1.807, 2.05) is 0 Å². The van der Waals surface area contributed by atoms with Gasteiger partial charge in [-0.05, 0) is 17.7 Å². The van der Waals surface area contributed by atoms with E-state index in [9.17, 15) is 25.5 Å². The predicted molar refractivity (Wildman–Crippen MR) is 77.7 cm³/mol. The maximum absolute atomic E-state index is 10.4. The van der Waals surface area contributed by atoms with Gasteiger partial charge >= 0.3 is 0 Å². The Bertz CT molecular complexity index is 841. The Kier molecular flexibility index (Phi) is 2.76. The number of hydrogen-bond acceptors (Lipinski definition) is 5. The predicted octanol–water partition coefficient (Wildman–Crippen LogP) is 3.03. The van der Waals surface area contributed by atoms with Gasteiger partial charge in [0, 0.05) is 5.39 Å². The molecule has 0 spiro atoms. The molecule has 0 aliphatic carbocycles. The molecular formula is C16H12O5. The van der Waals surface area contributed by atoms with Crippen molar-refractivity contribution in [2.45, 2.75) is 0 Å². The van der Waals surface area contributed by atoms with Gasteiger partial charge < -0.3 is 25.5 Å². The van der Waals surface area contributed by atoms with Crippen molar-refractivity contribution in [2.24, 2.45) is 0 Å². The Morgan fingerprint density at radius 2 is 1.24 bits per heavy atom. The van der Waals surface area contributed by atoms with Crippen LogP contribution in [0.15, 0.2) is 42.5 Å². The molecule has 5 nitrogen and oxygen atoms in total. The molecule has 0 atom stereocenters. The summed E-state index contributed by atoms with van der Waals surface area (Å²) in [5, 5.41) is 50.0. The summed E-state index contributed by atoms with van der Waals surface area (Å²) in [6, 6.07) is 10.9. The first kappa shape index (κ1) is 12.9. The summed E-state index contributed by atoms with van der Waals surface area (Å²) in [5.41, 5.74) is 0.453. The van der Waals surface area contributed by atoms with Gasteiger partial charge in [-0.3, -0.25) is 0 Å². The van der Waals surface area contributed by atoms with E-state index in [1.54, 1.807) is 30.3 Å². The lowest BCUT2D eigenvalue weighted by atomic mass is 9.96. The van der Waals surface area contributed by atoms with Gasteiger partial charge in [-0.15, -0.1) is 0 Å². The molecule has 0 amide bonds. The Balaban J connectivity index is 2.50. The first-order valence-corrected chi connectivity index (χ1v) is 6.19. The maximum atomic E-state index is 10.4. The fourth-order valence-corrected chi connectivity index (χ4v) is 2.38. The van der Waals surface area contributed by atoms with E-state index < -0.39 is 28.7 Å². The Labute approximate surface area is 119 Å². The zero-order valence-corrected chi connectivity index (χ0v) is 10.8. The average Bonchev–Trinajstić information content (AvgIpc) is 2.49. The highest BCUT2D eigenvalue weighted by Gasteiger charge is 2.23. The zero-order chi connectivity index (χ0) is 15.1. The van der Waals surface area contributed by atoms with Crippen molar-refractivity contribution in [3.05, 3.63) is 42.5 Å². The summed E-state index contributed by atoms with van der Waals surface area (Å²) < 4.78 is 0. The molecule has 0 fully saturated rings. The van der Waals surface area contributed by atoms with Crippen LogP contribution in [0.5, 0.6) is 28.7 Å². The lowest BCUT2D eigenvalue weighted by Gasteiger charge is -2.14. The Morgan fingerprint density at radius 3 is 1.90 bits per heavy atom. The van der Waals surface area contributed by atoms with Crippen molar-refractivity contribution < 1.29 is 25.5 Å². The monoisotopic (exact) mass is 284 g/mol. The molecule has 0 aromatic heterocycles. The molecule has 5 N–H and O–H groups in total. The number of hydrogen-bond donors (Lipinski definition) is 5. The summed E-state index contributed by atoms with van der Waals surface area (Å²) in [4.78, 5) is 0. The third-order valence-corrected chi connectivity index (χ3v) is 3.41. The van der Waals surface area contributed by atoms with Gasteiger partial charge in [0.25, 0.3) is 0 Å². The van der Waals surface area contributed by atoms with Gasteiger partial charge in [0.05, 0.1) is 10.9 Å². The van der Waals surface area contributed by atoms with Gasteiger partial charge in [-0.1, -0.05) is 30.3 Å². The van der Waals surface area contributed by atoms with Crippen LogP contribution in [-0.2, 0) is 0 Å². The van der Waals surface area contributed by atoms with E-state index in [0.717, 1.165) is 0 Å². The van der Waals surface area contributed by atoms with Crippen LogP contribution in [0.2, 0.25) is 0 Å². The topological polar surface area (TPSA) is 101 Å². The van der Waals surface area contributed by atoms with Crippen molar-refractivity contribution in [1.29, 1.82) is 0 Å². The minimum absolute atomic E-state index is 0.0125. The van der Waals surface area contributed by atoms with Crippen molar-refractivity contribution in [1.82, 2.24) is 0 Å². The highest BCUT2D eigenvalue weighted by atomic mass is 16.3. The number of phenolic OH excluding ortho intramolecular Hbond substituents is 5. The molecule has 0 radical (unpaired) electrons. The fourth-order valence-electron chi connectivity index (χ4n) is 2.38. The molecular weight excluding hydrogens is 272 g/mol. The van der Waals surface area contributed by atoms with Crippen molar-refractivity contribution in [3.63, 3.8) is 0 Å². The van der Waals surface area contributed by atoms with E-state index in [2.05, 4.69) is 0 Å². The van der Waals surface area contributed by atoms with Crippen LogP contribution in [-0.4, -0.2) is 25.5 Å². The first-order chi connectivity index (χ1) is 10.0. The summed E-state index contributed by atoms with van der Waals surface area (Å²) in [6.07, 6.45) is 0. The van der Waals surface area contributed by atoms with Crippen LogP contribution >= 0.6 is 0 Å². The molecule has 0 heterocycles. The van der Waals surface area contributed by atoms with E-state index in [1.165, 1.54) is 12.1 Å². The summed E-state index contributed by atoms with van der Waals surface area (Å²) in [6.45, 7) is 0. The molecule has 5 heteroatoms. The number of rotatable bonds is 1. The molecule has 0 bridgehead atoms. The Hall–Kier alpha value is -3.08. The normalized spacial score (nSPS) is 10.9. The number of benzene rings is 3. The third-order valence-electron chi connectivity index (χ3n) is 3.41. The lowest BCUT2D eigenvalue weighted by molar-refractivity contribution is 0.397. The molecule has 21 heavy (non-hydrogen) atoms. The van der Waals surface area contributed by atoms with E-state index in [0.29, 0.717) is 5.56 Å². The molecule has 3 aromatic carbocycles. The number of phenols is 5. The van der Waals surface area contributed by atoms with Crippen LogP contribution in [0.25, 0.3) is 21.9 Å². The van der Waals surface area contributed by atoms with Crippen molar-refractivity contribution in [3.8, 4) is 39.9 Å². The van der Waals surface area contributed by atoms with Gasteiger partial charge in [0.15, 0.2) is 23.0 Å². The fraction of sp³-hybridized carbons (Fsp3) is 0. The second-order valence-corrected chi connectivity index (χ2v) is 4.64. The van der Waals surface area contributed by atoms with Crippen molar-refractivity contribution in [2.75, 3.05) is 0 Å². The van der Waals surface area contributed by atoms with Crippen LogP contribution < -0.4 is 0 Å². The van der Waals surface area contributed by atoms with Gasteiger partial charge in [-0.2, -0.15) is 0 Å². The smallest absolute Gasteiger partial charge is 0.169 e. The first-order valence-electron chi connectivity index (χ1n) is 6.19. The maximum Gasteiger partial charge on any atom is 0.169 e. The highest BCUT2D eigenvalue weighted by molar-refractivity contribution is 6.06. The minimum Gasteiger partial charge on any atom is -0.506 e. The Morgan fingerprint density at radius 1 is 0.571 bits per heavy atom. The highest BCUT2D eigenvalue weighted by Crippen LogP contribution is 2.52. The molecule has 0 aliphatic heterocycles. The third kappa shape index (κ3) is 1.79. The van der Waals surface area contributed by atoms with Crippen LogP contribution in [0.3, 0.4) is 0 Å². The summed E-state index contributed by atoms with van der Waals surface area (Å²) in [5.74, 6) is -2.37. The molecule has 0 saturated carbocycles. The second kappa shape index (κ2) is 4.49. The molecule has 0 saturated heterocycles. The molecule has 3 aromatic rings. The lowest BCUT2D eigenvalue weighted by Crippen LogP contribution is -1.86. The summed E-state index contributed by atoms with van der Waals surface area (Å²) in [7, 11) is 0. The van der Waals surface area contributed by atoms with Crippen LogP contribution in [0.1, 0.15) is 0 Å². The van der Waals surface area contributed by atoms with Crippen molar-refractivity contribution >= 4 is 10.8 Å². The van der Waals surface area contributed by atoms with Gasteiger partial charge in [-0.25, -0.2) is 0 Å². The SMILES string of the molecule is Oc1ccc2c(O)c(O)c(-c3ccccc3)c(O)c2c1O. The molecule has 0 unspecified atom stereocenters. The van der Waals surface area contributed by atoms with Gasteiger partial charge in [0.1, 0.15) is 5.75 Å². The van der Waals surface area contributed by atoms with Crippen LogP contribution in [0.4, 0.5) is 0 Å². The minimum atomic E-state index is -0.558. The van der Waals surface area contributed by atoms with Gasteiger partial charge in [0.2, 0.25) is 0 Å². The zero-order valence-electron chi connectivity index (χ0n) is 10.8. The van der Waals surface area contributed by atoms with Crippen LogP contribution in [0, 0.1) is 0 Å². The number of aromatic hydroxyl groups is 5.